The van der Waals surface area contributed by atoms with E-state index in [-0.39, 0.29) is 24.6 Å². The van der Waals surface area contributed by atoms with Gasteiger partial charge in [0.1, 0.15) is 0 Å². The van der Waals surface area contributed by atoms with Gasteiger partial charge in [0, 0.05) is 18.7 Å². The Morgan fingerprint density at radius 1 is 1.28 bits per heavy atom. The predicted octanol–water partition coefficient (Wildman–Crippen LogP) is 1.62. The SMILES string of the molecule is CC(CO)C(C)NC1CCN(CC(F)(F)F)CC1. The lowest BCUT2D eigenvalue weighted by atomic mass is 9.99. The number of alkyl halides is 3. The molecule has 0 spiro atoms. The fraction of sp³-hybridized carbons (Fsp3) is 1.00. The summed E-state index contributed by atoms with van der Waals surface area (Å²) < 4.78 is 36.6. The van der Waals surface area contributed by atoms with Crippen LogP contribution in [0.2, 0.25) is 0 Å². The molecule has 2 atom stereocenters. The molecular formula is C12H23F3N2O. The number of likely N-dealkylation sites (tertiary alicyclic amines) is 1. The number of nitrogens with zero attached hydrogens (tertiary/aromatic N) is 1. The fourth-order valence-electron chi connectivity index (χ4n) is 2.21. The molecule has 2 N–H and O–H groups in total. The summed E-state index contributed by atoms with van der Waals surface area (Å²) in [6, 6.07) is 0.452. The molecule has 0 aromatic carbocycles. The zero-order chi connectivity index (χ0) is 13.8. The topological polar surface area (TPSA) is 35.5 Å². The molecule has 3 nitrogen and oxygen atoms in total. The monoisotopic (exact) mass is 268 g/mol. The Bertz CT molecular complexity index is 240. The molecule has 0 aliphatic carbocycles. The lowest BCUT2D eigenvalue weighted by Gasteiger charge is -2.35. The smallest absolute Gasteiger partial charge is 0.396 e. The minimum absolute atomic E-state index is 0.126. The number of nitrogens with one attached hydrogen (secondary N) is 1. The van der Waals surface area contributed by atoms with Gasteiger partial charge in [0.2, 0.25) is 0 Å². The van der Waals surface area contributed by atoms with Gasteiger partial charge in [0.25, 0.3) is 0 Å². The highest BCUT2D eigenvalue weighted by Gasteiger charge is 2.32. The van der Waals surface area contributed by atoms with E-state index in [0.29, 0.717) is 13.1 Å². The van der Waals surface area contributed by atoms with Gasteiger partial charge in [0.15, 0.2) is 0 Å². The zero-order valence-corrected chi connectivity index (χ0v) is 11.0. The second-order valence-electron chi connectivity index (χ2n) is 5.28. The summed E-state index contributed by atoms with van der Waals surface area (Å²) in [7, 11) is 0. The van der Waals surface area contributed by atoms with Crippen LogP contribution in [0.4, 0.5) is 13.2 Å². The van der Waals surface area contributed by atoms with Crippen molar-refractivity contribution in [2.75, 3.05) is 26.2 Å². The maximum Gasteiger partial charge on any atom is 0.401 e. The van der Waals surface area contributed by atoms with E-state index < -0.39 is 12.7 Å². The summed E-state index contributed by atoms with van der Waals surface area (Å²) in [6.45, 7) is 4.25. The van der Waals surface area contributed by atoms with Gasteiger partial charge in [-0.2, -0.15) is 13.2 Å². The average molecular weight is 268 g/mol. The number of rotatable bonds is 5. The predicted molar refractivity (Wildman–Crippen MR) is 64.4 cm³/mol. The molecule has 1 fully saturated rings. The summed E-state index contributed by atoms with van der Waals surface area (Å²) in [6.07, 6.45) is -2.63. The third kappa shape index (κ3) is 5.54. The Balaban J connectivity index is 2.27. The standard InChI is InChI=1S/C12H23F3N2O/c1-9(7-18)10(2)16-11-3-5-17(6-4-11)8-12(13,14)15/h9-11,16,18H,3-8H2,1-2H3. The minimum Gasteiger partial charge on any atom is -0.396 e. The molecule has 1 saturated heterocycles. The van der Waals surface area contributed by atoms with Crippen molar-refractivity contribution in [3.8, 4) is 0 Å². The molecule has 6 heteroatoms. The van der Waals surface area contributed by atoms with Crippen LogP contribution in [0.25, 0.3) is 0 Å². The van der Waals surface area contributed by atoms with E-state index >= 15 is 0 Å². The van der Waals surface area contributed by atoms with Crippen molar-refractivity contribution in [1.82, 2.24) is 10.2 Å². The van der Waals surface area contributed by atoms with Crippen LogP contribution in [0.1, 0.15) is 26.7 Å². The molecule has 1 aliphatic heterocycles. The van der Waals surface area contributed by atoms with E-state index in [9.17, 15) is 13.2 Å². The second kappa shape index (κ2) is 6.73. The van der Waals surface area contributed by atoms with Crippen molar-refractivity contribution >= 4 is 0 Å². The lowest BCUT2D eigenvalue weighted by Crippen LogP contribution is -2.49. The quantitative estimate of drug-likeness (QED) is 0.795. The van der Waals surface area contributed by atoms with E-state index in [4.69, 9.17) is 5.11 Å². The largest absolute Gasteiger partial charge is 0.401 e. The summed E-state index contributed by atoms with van der Waals surface area (Å²) in [5.74, 6) is 0.165. The summed E-state index contributed by atoms with van der Waals surface area (Å²) >= 11 is 0. The van der Waals surface area contributed by atoms with Gasteiger partial charge in [-0.3, -0.25) is 4.90 Å². The highest BCUT2D eigenvalue weighted by Crippen LogP contribution is 2.20. The Labute approximate surface area is 106 Å². The van der Waals surface area contributed by atoms with E-state index in [1.165, 1.54) is 4.90 Å². The van der Waals surface area contributed by atoms with Gasteiger partial charge >= 0.3 is 6.18 Å². The fourth-order valence-corrected chi connectivity index (χ4v) is 2.21. The maximum atomic E-state index is 12.2. The van der Waals surface area contributed by atoms with Crippen LogP contribution >= 0.6 is 0 Å². The first-order valence-corrected chi connectivity index (χ1v) is 6.48. The molecule has 0 aromatic heterocycles. The maximum absolute atomic E-state index is 12.2. The summed E-state index contributed by atoms with van der Waals surface area (Å²) in [5, 5.41) is 12.4. The van der Waals surface area contributed by atoms with Gasteiger partial charge in [0.05, 0.1) is 6.54 Å². The molecule has 1 rings (SSSR count). The molecule has 1 aliphatic rings. The van der Waals surface area contributed by atoms with Crippen molar-refractivity contribution in [2.45, 2.75) is 44.9 Å². The normalized spacial score (nSPS) is 23.0. The Hall–Kier alpha value is -0.330. The number of aliphatic hydroxyl groups is 1. The van der Waals surface area contributed by atoms with E-state index in [0.717, 1.165) is 12.8 Å². The second-order valence-corrected chi connectivity index (χ2v) is 5.28. The highest BCUT2D eigenvalue weighted by molar-refractivity contribution is 4.81. The number of hydrogen-bond donors (Lipinski definition) is 2. The van der Waals surface area contributed by atoms with Crippen molar-refractivity contribution in [3.63, 3.8) is 0 Å². The highest BCUT2D eigenvalue weighted by atomic mass is 19.4. The van der Waals surface area contributed by atoms with Crippen LogP contribution in [0.15, 0.2) is 0 Å². The molecule has 1 heterocycles. The van der Waals surface area contributed by atoms with Crippen LogP contribution in [0.3, 0.4) is 0 Å². The first kappa shape index (κ1) is 15.7. The van der Waals surface area contributed by atoms with E-state index in [2.05, 4.69) is 5.32 Å². The van der Waals surface area contributed by atoms with Crippen molar-refractivity contribution < 1.29 is 18.3 Å². The van der Waals surface area contributed by atoms with Crippen LogP contribution in [0, 0.1) is 5.92 Å². The molecule has 0 radical (unpaired) electrons. The molecule has 0 bridgehead atoms. The third-order valence-electron chi connectivity index (χ3n) is 3.63. The zero-order valence-electron chi connectivity index (χ0n) is 11.0. The molecule has 0 amide bonds. The molecule has 2 unspecified atom stereocenters. The Morgan fingerprint density at radius 2 is 1.83 bits per heavy atom. The van der Waals surface area contributed by atoms with Crippen LogP contribution in [-0.4, -0.2) is 54.5 Å². The first-order chi connectivity index (χ1) is 8.31. The molecule has 0 aromatic rings. The molecular weight excluding hydrogens is 245 g/mol. The lowest BCUT2D eigenvalue weighted by molar-refractivity contribution is -0.148. The first-order valence-electron chi connectivity index (χ1n) is 6.48. The van der Waals surface area contributed by atoms with Crippen molar-refractivity contribution in [1.29, 1.82) is 0 Å². The number of halogens is 3. The van der Waals surface area contributed by atoms with Crippen LogP contribution in [-0.2, 0) is 0 Å². The van der Waals surface area contributed by atoms with Gasteiger partial charge in [-0.1, -0.05) is 6.92 Å². The van der Waals surface area contributed by atoms with Gasteiger partial charge < -0.3 is 10.4 Å². The summed E-state index contributed by atoms with van der Waals surface area (Å²) in [5.41, 5.74) is 0. The van der Waals surface area contributed by atoms with Crippen LogP contribution in [0.5, 0.6) is 0 Å². The Morgan fingerprint density at radius 3 is 2.28 bits per heavy atom. The minimum atomic E-state index is -4.10. The van der Waals surface area contributed by atoms with E-state index in [1.807, 2.05) is 13.8 Å². The molecule has 108 valence electrons. The number of hydrogen-bond acceptors (Lipinski definition) is 3. The van der Waals surface area contributed by atoms with Gasteiger partial charge in [-0.15, -0.1) is 0 Å². The molecule has 0 saturated carbocycles. The molecule has 18 heavy (non-hydrogen) atoms. The van der Waals surface area contributed by atoms with Crippen molar-refractivity contribution in [2.24, 2.45) is 5.92 Å². The third-order valence-corrected chi connectivity index (χ3v) is 3.63. The van der Waals surface area contributed by atoms with Crippen molar-refractivity contribution in [3.05, 3.63) is 0 Å². The van der Waals surface area contributed by atoms with Gasteiger partial charge in [-0.05, 0) is 38.8 Å². The van der Waals surface area contributed by atoms with Crippen LogP contribution < -0.4 is 5.32 Å². The number of piperidine rings is 1. The van der Waals surface area contributed by atoms with E-state index in [1.54, 1.807) is 0 Å². The Kier molecular flexibility index (Phi) is 5.88. The average Bonchev–Trinajstić information content (AvgIpc) is 2.28. The summed E-state index contributed by atoms with van der Waals surface area (Å²) in [4.78, 5) is 1.46. The number of aliphatic hydroxyl groups excluding tert-OH is 1. The van der Waals surface area contributed by atoms with Gasteiger partial charge in [-0.25, -0.2) is 0 Å².